The van der Waals surface area contributed by atoms with Crippen LogP contribution in [0.4, 0.5) is 0 Å². The molecule has 0 aromatic heterocycles. The monoisotopic (exact) mass is 174 g/mol. The molecule has 1 aromatic carbocycles. The zero-order chi connectivity index (χ0) is 9.47. The number of hydrogen-bond acceptors (Lipinski definition) is 1. The Morgan fingerprint density at radius 3 is 2.77 bits per heavy atom. The van der Waals surface area contributed by atoms with Gasteiger partial charge in [0.15, 0.2) is 0 Å². The highest BCUT2D eigenvalue weighted by Gasteiger charge is 2.21. The minimum Gasteiger partial charge on any atom is -0.386 e. The van der Waals surface area contributed by atoms with Crippen molar-refractivity contribution in [2.24, 2.45) is 0 Å². The molecule has 0 bridgehead atoms. The van der Waals surface area contributed by atoms with Crippen LogP contribution >= 0.6 is 0 Å². The van der Waals surface area contributed by atoms with Gasteiger partial charge in [0.2, 0.25) is 0 Å². The Labute approximate surface area is 78.7 Å². The molecule has 0 saturated carbocycles. The van der Waals surface area contributed by atoms with E-state index in [-0.39, 0.29) is 0 Å². The number of aliphatic hydroxyl groups is 1. The summed E-state index contributed by atoms with van der Waals surface area (Å²) in [7, 11) is 0. The van der Waals surface area contributed by atoms with Crippen molar-refractivity contribution in [3.05, 3.63) is 41.0 Å². The van der Waals surface area contributed by atoms with Crippen molar-refractivity contribution in [1.29, 1.82) is 0 Å². The fourth-order valence-corrected chi connectivity index (χ4v) is 1.83. The number of hydrogen-bond donors (Lipinski definition) is 1. The molecule has 0 spiro atoms. The topological polar surface area (TPSA) is 20.2 Å². The average molecular weight is 174 g/mol. The summed E-state index contributed by atoms with van der Waals surface area (Å²) in [6.07, 6.45) is 5.24. The summed E-state index contributed by atoms with van der Waals surface area (Å²) in [4.78, 5) is 0. The van der Waals surface area contributed by atoms with Crippen LogP contribution < -0.4 is 0 Å². The predicted octanol–water partition coefficient (Wildman–Crippen LogP) is 2.48. The molecule has 0 atom stereocenters. The van der Waals surface area contributed by atoms with E-state index in [1.54, 1.807) is 0 Å². The van der Waals surface area contributed by atoms with Gasteiger partial charge in [-0.15, -0.1) is 0 Å². The molecule has 0 saturated heterocycles. The van der Waals surface area contributed by atoms with Gasteiger partial charge in [-0.05, 0) is 37.0 Å². The first-order valence-electron chi connectivity index (χ1n) is 4.60. The second-order valence-corrected chi connectivity index (χ2v) is 4.04. The van der Waals surface area contributed by atoms with E-state index in [1.807, 2.05) is 26.0 Å². The molecule has 1 N–H and O–H groups in total. The first-order chi connectivity index (χ1) is 6.09. The first-order valence-corrected chi connectivity index (χ1v) is 4.60. The zero-order valence-corrected chi connectivity index (χ0v) is 8.04. The molecule has 0 fully saturated rings. The van der Waals surface area contributed by atoms with Gasteiger partial charge < -0.3 is 5.11 Å². The Morgan fingerprint density at radius 1 is 1.31 bits per heavy atom. The van der Waals surface area contributed by atoms with Crippen LogP contribution in [0.25, 0.3) is 6.08 Å². The van der Waals surface area contributed by atoms with Crippen molar-refractivity contribution in [2.75, 3.05) is 0 Å². The second kappa shape index (κ2) is 2.71. The third-order valence-corrected chi connectivity index (χ3v) is 2.48. The van der Waals surface area contributed by atoms with Crippen LogP contribution in [0.1, 0.15) is 30.5 Å². The lowest BCUT2D eigenvalue weighted by molar-refractivity contribution is 0.0783. The number of fused-ring (bicyclic) bond motifs is 1. The highest BCUT2D eigenvalue weighted by Crippen LogP contribution is 2.30. The van der Waals surface area contributed by atoms with Crippen molar-refractivity contribution >= 4 is 6.08 Å². The summed E-state index contributed by atoms with van der Waals surface area (Å²) in [5, 5.41) is 9.92. The Kier molecular flexibility index (Phi) is 1.77. The molecule has 1 nitrogen and oxygen atoms in total. The summed E-state index contributed by atoms with van der Waals surface area (Å²) in [5.74, 6) is 0. The lowest BCUT2D eigenvalue weighted by Gasteiger charge is -2.20. The minimum atomic E-state index is -0.736. The van der Waals surface area contributed by atoms with E-state index in [9.17, 15) is 5.11 Å². The molecule has 0 amide bonds. The minimum absolute atomic E-state index is 0.736. The Morgan fingerprint density at radius 2 is 2.08 bits per heavy atom. The third kappa shape index (κ3) is 1.40. The average Bonchev–Trinajstić information content (AvgIpc) is 2.48. The van der Waals surface area contributed by atoms with E-state index in [0.29, 0.717) is 0 Å². The maximum Gasteiger partial charge on any atom is 0.0846 e. The van der Waals surface area contributed by atoms with E-state index in [2.05, 4.69) is 18.2 Å². The maximum atomic E-state index is 9.92. The van der Waals surface area contributed by atoms with Crippen LogP contribution in [0, 0.1) is 0 Å². The normalized spacial score (nSPS) is 14.7. The number of allylic oxidation sites excluding steroid dienone is 1. The van der Waals surface area contributed by atoms with E-state index in [1.165, 1.54) is 11.1 Å². The van der Waals surface area contributed by atoms with Gasteiger partial charge in [-0.1, -0.05) is 30.4 Å². The largest absolute Gasteiger partial charge is 0.386 e. The van der Waals surface area contributed by atoms with Gasteiger partial charge in [0, 0.05) is 0 Å². The van der Waals surface area contributed by atoms with Crippen LogP contribution in [-0.4, -0.2) is 5.11 Å². The Bertz CT molecular complexity index is 356. The molecule has 1 heteroatoms. The van der Waals surface area contributed by atoms with Crippen molar-refractivity contribution in [2.45, 2.75) is 25.9 Å². The molecule has 0 unspecified atom stereocenters. The number of rotatable bonds is 1. The Hall–Kier alpha value is -1.08. The summed E-state index contributed by atoms with van der Waals surface area (Å²) in [5.41, 5.74) is 2.81. The molecule has 0 heterocycles. The van der Waals surface area contributed by atoms with E-state index < -0.39 is 5.60 Å². The van der Waals surface area contributed by atoms with Gasteiger partial charge in [-0.2, -0.15) is 0 Å². The highest BCUT2D eigenvalue weighted by atomic mass is 16.3. The van der Waals surface area contributed by atoms with Crippen LogP contribution in [0.15, 0.2) is 24.3 Å². The molecular weight excluding hydrogens is 160 g/mol. The molecule has 0 aliphatic heterocycles. The van der Waals surface area contributed by atoms with Crippen LogP contribution in [0.5, 0.6) is 0 Å². The fourth-order valence-electron chi connectivity index (χ4n) is 1.83. The molecule has 1 aliphatic carbocycles. The summed E-state index contributed by atoms with van der Waals surface area (Å²) >= 11 is 0. The van der Waals surface area contributed by atoms with Crippen LogP contribution in [-0.2, 0) is 12.0 Å². The van der Waals surface area contributed by atoms with Gasteiger partial charge in [0.25, 0.3) is 0 Å². The standard InChI is InChI=1S/C12H14O/c1-12(2,13)11-8-4-6-9-5-3-7-10(9)11/h3-4,6-8,13H,5H2,1-2H3. The van der Waals surface area contributed by atoms with E-state index in [4.69, 9.17) is 0 Å². The fraction of sp³-hybridized carbons (Fsp3) is 0.333. The molecule has 0 radical (unpaired) electrons. The SMILES string of the molecule is CC(C)(O)c1cccc2c1C=CC2. The molecule has 13 heavy (non-hydrogen) atoms. The molecule has 2 rings (SSSR count). The summed E-state index contributed by atoms with van der Waals surface area (Å²) < 4.78 is 0. The van der Waals surface area contributed by atoms with E-state index in [0.717, 1.165) is 12.0 Å². The lowest BCUT2D eigenvalue weighted by atomic mass is 9.91. The zero-order valence-electron chi connectivity index (χ0n) is 8.04. The van der Waals surface area contributed by atoms with Crippen molar-refractivity contribution in [1.82, 2.24) is 0 Å². The molecule has 68 valence electrons. The maximum absolute atomic E-state index is 9.92. The third-order valence-electron chi connectivity index (χ3n) is 2.48. The van der Waals surface area contributed by atoms with Crippen molar-refractivity contribution < 1.29 is 5.11 Å². The molecule has 1 aliphatic rings. The van der Waals surface area contributed by atoms with Crippen molar-refractivity contribution in [3.63, 3.8) is 0 Å². The lowest BCUT2D eigenvalue weighted by Crippen LogP contribution is -2.17. The smallest absolute Gasteiger partial charge is 0.0846 e. The van der Waals surface area contributed by atoms with E-state index >= 15 is 0 Å². The predicted molar refractivity (Wildman–Crippen MR) is 54.4 cm³/mol. The second-order valence-electron chi connectivity index (χ2n) is 4.04. The Balaban J connectivity index is 2.59. The van der Waals surface area contributed by atoms with Crippen LogP contribution in [0.3, 0.4) is 0 Å². The van der Waals surface area contributed by atoms with Crippen molar-refractivity contribution in [3.8, 4) is 0 Å². The molecular formula is C12H14O. The van der Waals surface area contributed by atoms with Gasteiger partial charge in [-0.3, -0.25) is 0 Å². The number of benzene rings is 1. The highest BCUT2D eigenvalue weighted by molar-refractivity contribution is 5.64. The van der Waals surface area contributed by atoms with Gasteiger partial charge in [0.05, 0.1) is 5.60 Å². The van der Waals surface area contributed by atoms with Gasteiger partial charge >= 0.3 is 0 Å². The first kappa shape index (κ1) is 8.52. The van der Waals surface area contributed by atoms with Crippen LogP contribution in [0.2, 0.25) is 0 Å². The van der Waals surface area contributed by atoms with Gasteiger partial charge in [-0.25, -0.2) is 0 Å². The summed E-state index contributed by atoms with van der Waals surface area (Å²) in [6.45, 7) is 3.66. The molecule has 1 aromatic rings. The quantitative estimate of drug-likeness (QED) is 0.693. The summed E-state index contributed by atoms with van der Waals surface area (Å²) in [6, 6.07) is 6.12. The van der Waals surface area contributed by atoms with Gasteiger partial charge in [0.1, 0.15) is 0 Å².